The van der Waals surface area contributed by atoms with Gasteiger partial charge in [-0.05, 0) is 42.7 Å². The highest BCUT2D eigenvalue weighted by Gasteiger charge is 2.11. The van der Waals surface area contributed by atoms with Crippen LogP contribution in [0.3, 0.4) is 0 Å². The maximum atomic E-state index is 12.6. The van der Waals surface area contributed by atoms with Gasteiger partial charge in [0.05, 0.1) is 12.1 Å². The molecule has 27 heavy (non-hydrogen) atoms. The second-order valence-corrected chi connectivity index (χ2v) is 6.53. The summed E-state index contributed by atoms with van der Waals surface area (Å²) in [5, 5.41) is 16.6. The van der Waals surface area contributed by atoms with Crippen molar-refractivity contribution in [2.45, 2.75) is 25.8 Å². The zero-order chi connectivity index (χ0) is 19.2. The van der Waals surface area contributed by atoms with Crippen molar-refractivity contribution in [1.29, 1.82) is 0 Å². The number of amides is 1. The molecule has 2 heterocycles. The first kappa shape index (κ1) is 19.0. The Balaban J connectivity index is 1.71. The third-order valence-electron chi connectivity index (χ3n) is 4.03. The van der Waals surface area contributed by atoms with Crippen LogP contribution >= 0.6 is 11.6 Å². The van der Waals surface area contributed by atoms with Crippen LogP contribution in [-0.2, 0) is 24.2 Å². The molecule has 0 fully saturated rings. The topological polar surface area (TPSA) is 96.6 Å². The number of fused-ring (bicyclic) bond motifs is 1. The summed E-state index contributed by atoms with van der Waals surface area (Å²) in [4.78, 5) is 29.0. The number of aliphatic hydroxyl groups excluding tert-OH is 1. The Morgan fingerprint density at radius 2 is 1.96 bits per heavy atom. The van der Waals surface area contributed by atoms with Crippen molar-refractivity contribution in [3.63, 3.8) is 0 Å². The quantitative estimate of drug-likeness (QED) is 0.641. The van der Waals surface area contributed by atoms with Crippen molar-refractivity contribution in [1.82, 2.24) is 19.9 Å². The first-order valence-corrected chi connectivity index (χ1v) is 8.93. The second-order valence-electron chi connectivity index (χ2n) is 6.09. The van der Waals surface area contributed by atoms with Crippen molar-refractivity contribution in [3.05, 3.63) is 74.8 Å². The van der Waals surface area contributed by atoms with E-state index in [2.05, 4.69) is 15.4 Å². The predicted octanol–water partition coefficient (Wildman–Crippen LogP) is 1.53. The van der Waals surface area contributed by atoms with Crippen LogP contribution in [-0.4, -0.2) is 32.2 Å². The van der Waals surface area contributed by atoms with Crippen LogP contribution in [0, 0.1) is 0 Å². The summed E-state index contributed by atoms with van der Waals surface area (Å²) in [6.45, 7) is 0.405. The molecule has 0 bridgehead atoms. The van der Waals surface area contributed by atoms with Crippen LogP contribution in [0.15, 0.2) is 47.4 Å². The molecule has 0 spiro atoms. The number of nitrogens with zero attached hydrogens (tertiary/aromatic N) is 3. The van der Waals surface area contributed by atoms with E-state index in [1.54, 1.807) is 24.3 Å². The number of aromatic nitrogens is 3. The fourth-order valence-electron chi connectivity index (χ4n) is 2.59. The molecule has 140 valence electrons. The SMILES string of the molecule is O=C(Cc1cnc2ccc(CCCO)nn2c1=O)NCc1ccc(Cl)cc1. The molecule has 3 aromatic rings. The van der Waals surface area contributed by atoms with E-state index in [0.29, 0.717) is 35.8 Å². The molecular weight excluding hydrogens is 368 g/mol. The lowest BCUT2D eigenvalue weighted by atomic mass is 10.2. The molecule has 0 radical (unpaired) electrons. The van der Waals surface area contributed by atoms with Crippen molar-refractivity contribution in [2.75, 3.05) is 6.61 Å². The van der Waals surface area contributed by atoms with Crippen molar-refractivity contribution >= 4 is 23.2 Å². The van der Waals surface area contributed by atoms with Crippen LogP contribution < -0.4 is 10.9 Å². The van der Waals surface area contributed by atoms with E-state index in [1.165, 1.54) is 10.7 Å². The van der Waals surface area contributed by atoms with E-state index >= 15 is 0 Å². The lowest BCUT2D eigenvalue weighted by Gasteiger charge is -2.07. The van der Waals surface area contributed by atoms with Crippen LogP contribution in [0.5, 0.6) is 0 Å². The molecule has 2 aromatic heterocycles. The average Bonchev–Trinajstić information content (AvgIpc) is 2.68. The molecule has 0 atom stereocenters. The molecule has 1 aromatic carbocycles. The van der Waals surface area contributed by atoms with Crippen LogP contribution in [0.4, 0.5) is 0 Å². The number of carbonyl (C=O) groups excluding carboxylic acids is 1. The normalized spacial score (nSPS) is 10.9. The highest BCUT2D eigenvalue weighted by Crippen LogP contribution is 2.09. The van der Waals surface area contributed by atoms with Gasteiger partial charge in [0.2, 0.25) is 5.91 Å². The summed E-state index contributed by atoms with van der Waals surface area (Å²) in [6, 6.07) is 10.6. The molecule has 0 saturated heterocycles. The van der Waals surface area contributed by atoms with E-state index in [0.717, 1.165) is 5.56 Å². The zero-order valence-electron chi connectivity index (χ0n) is 14.6. The second kappa shape index (κ2) is 8.75. The minimum atomic E-state index is -0.368. The number of hydrogen-bond donors (Lipinski definition) is 2. The van der Waals surface area contributed by atoms with E-state index in [1.807, 2.05) is 12.1 Å². The van der Waals surface area contributed by atoms with Gasteiger partial charge in [-0.3, -0.25) is 9.59 Å². The van der Waals surface area contributed by atoms with Gasteiger partial charge in [0.25, 0.3) is 5.56 Å². The maximum absolute atomic E-state index is 12.6. The summed E-state index contributed by atoms with van der Waals surface area (Å²) in [5.74, 6) is -0.278. The minimum Gasteiger partial charge on any atom is -0.396 e. The Bertz CT molecular complexity index is 1000. The summed E-state index contributed by atoms with van der Waals surface area (Å²) in [5.41, 5.74) is 1.92. The molecule has 0 saturated carbocycles. The predicted molar refractivity (Wildman–Crippen MR) is 102 cm³/mol. The fraction of sp³-hybridized carbons (Fsp3) is 0.263. The lowest BCUT2D eigenvalue weighted by molar-refractivity contribution is -0.120. The highest BCUT2D eigenvalue weighted by molar-refractivity contribution is 6.30. The molecule has 7 nitrogen and oxygen atoms in total. The van der Waals surface area contributed by atoms with Crippen molar-refractivity contribution in [2.24, 2.45) is 0 Å². The average molecular weight is 387 g/mol. The first-order chi connectivity index (χ1) is 13.1. The molecule has 3 rings (SSSR count). The monoisotopic (exact) mass is 386 g/mol. The van der Waals surface area contributed by atoms with Gasteiger partial charge in [0.15, 0.2) is 5.65 Å². The lowest BCUT2D eigenvalue weighted by Crippen LogP contribution is -2.29. The molecule has 0 unspecified atom stereocenters. The third-order valence-corrected chi connectivity index (χ3v) is 4.29. The Kier molecular flexibility index (Phi) is 6.16. The molecule has 0 aliphatic carbocycles. The van der Waals surface area contributed by atoms with E-state index < -0.39 is 0 Å². The molecule has 8 heteroatoms. The number of rotatable bonds is 7. The van der Waals surface area contributed by atoms with E-state index in [-0.39, 0.29) is 30.1 Å². The molecule has 0 aliphatic heterocycles. The Hall–Kier alpha value is -2.77. The van der Waals surface area contributed by atoms with Gasteiger partial charge in [0, 0.05) is 29.9 Å². The van der Waals surface area contributed by atoms with Crippen LogP contribution in [0.25, 0.3) is 5.65 Å². The number of carbonyl (C=O) groups is 1. The molecule has 0 aliphatic rings. The van der Waals surface area contributed by atoms with Gasteiger partial charge in [-0.25, -0.2) is 4.98 Å². The van der Waals surface area contributed by atoms with Gasteiger partial charge < -0.3 is 10.4 Å². The Morgan fingerprint density at radius 3 is 2.70 bits per heavy atom. The summed E-state index contributed by atoms with van der Waals surface area (Å²) in [6.07, 6.45) is 2.46. The van der Waals surface area contributed by atoms with Crippen molar-refractivity contribution < 1.29 is 9.90 Å². The Morgan fingerprint density at radius 1 is 1.19 bits per heavy atom. The number of halogens is 1. The first-order valence-electron chi connectivity index (χ1n) is 8.55. The number of benzene rings is 1. The number of aryl methyl sites for hydroxylation is 1. The summed E-state index contributed by atoms with van der Waals surface area (Å²) < 4.78 is 1.20. The largest absolute Gasteiger partial charge is 0.396 e. The Labute approximate surface area is 160 Å². The molecule has 2 N–H and O–H groups in total. The number of nitrogens with one attached hydrogen (secondary N) is 1. The zero-order valence-corrected chi connectivity index (χ0v) is 15.3. The molecular formula is C19H19ClN4O3. The van der Waals surface area contributed by atoms with Gasteiger partial charge in [-0.1, -0.05) is 23.7 Å². The standard InChI is InChI=1S/C19H19ClN4O3/c20-15-5-3-13(4-6-15)11-22-18(26)10-14-12-21-17-8-7-16(2-1-9-25)23-24(17)19(14)27/h3-8,12,25H,1-2,9-11H2,(H,22,26). The van der Waals surface area contributed by atoms with Gasteiger partial charge in [-0.15, -0.1) is 0 Å². The van der Waals surface area contributed by atoms with Crippen LogP contribution in [0.1, 0.15) is 23.2 Å². The summed E-state index contributed by atoms with van der Waals surface area (Å²) >= 11 is 5.84. The number of aliphatic hydroxyl groups is 1. The molecule has 1 amide bonds. The van der Waals surface area contributed by atoms with E-state index in [4.69, 9.17) is 16.7 Å². The van der Waals surface area contributed by atoms with Crippen LogP contribution in [0.2, 0.25) is 5.02 Å². The van der Waals surface area contributed by atoms with Gasteiger partial charge >= 0.3 is 0 Å². The highest BCUT2D eigenvalue weighted by atomic mass is 35.5. The van der Waals surface area contributed by atoms with Crippen molar-refractivity contribution in [3.8, 4) is 0 Å². The van der Waals surface area contributed by atoms with E-state index in [9.17, 15) is 9.59 Å². The summed E-state index contributed by atoms with van der Waals surface area (Å²) in [7, 11) is 0. The van der Waals surface area contributed by atoms with Gasteiger partial charge in [0.1, 0.15) is 0 Å². The minimum absolute atomic E-state index is 0.0562. The fourth-order valence-corrected chi connectivity index (χ4v) is 2.72. The maximum Gasteiger partial charge on any atom is 0.278 e. The smallest absolute Gasteiger partial charge is 0.278 e. The number of hydrogen-bond acceptors (Lipinski definition) is 5. The van der Waals surface area contributed by atoms with Gasteiger partial charge in [-0.2, -0.15) is 9.61 Å². The third kappa shape index (κ3) is 4.90.